The van der Waals surface area contributed by atoms with E-state index in [0.717, 1.165) is 32.0 Å². The van der Waals surface area contributed by atoms with Gasteiger partial charge in [-0.2, -0.15) is 0 Å². The molecule has 0 aliphatic carbocycles. The summed E-state index contributed by atoms with van der Waals surface area (Å²) in [6.07, 6.45) is 5.24. The Labute approximate surface area is 98.1 Å². The van der Waals surface area contributed by atoms with E-state index in [1.54, 1.807) is 0 Å². The molecule has 0 aromatic carbocycles. The van der Waals surface area contributed by atoms with E-state index in [0.29, 0.717) is 12.9 Å². The lowest BCUT2D eigenvalue weighted by molar-refractivity contribution is -0.145. The van der Waals surface area contributed by atoms with Gasteiger partial charge in [0.15, 0.2) is 0 Å². The Morgan fingerprint density at radius 2 is 2.00 bits per heavy atom. The van der Waals surface area contributed by atoms with Crippen LogP contribution in [0.15, 0.2) is 0 Å². The second-order valence-electron chi connectivity index (χ2n) is 4.92. The lowest BCUT2D eigenvalue weighted by Gasteiger charge is -2.35. The van der Waals surface area contributed by atoms with Crippen molar-refractivity contribution in [3.05, 3.63) is 0 Å². The van der Waals surface area contributed by atoms with Crippen LogP contribution in [-0.2, 0) is 9.47 Å². The normalized spacial score (nSPS) is 29.4. The fraction of sp³-hybridized carbons (Fsp3) is 1.00. The second kappa shape index (κ2) is 6.55. The summed E-state index contributed by atoms with van der Waals surface area (Å²) in [6.45, 7) is 5.69. The topological polar surface area (TPSA) is 47.7 Å². The molecule has 0 bridgehead atoms. The van der Waals surface area contributed by atoms with E-state index in [2.05, 4.69) is 4.90 Å². The molecule has 2 N–H and O–H groups in total. The molecule has 0 radical (unpaired) electrons. The van der Waals surface area contributed by atoms with Crippen LogP contribution in [-0.4, -0.2) is 50.6 Å². The molecule has 2 heterocycles. The number of hydrogen-bond acceptors (Lipinski definition) is 4. The summed E-state index contributed by atoms with van der Waals surface area (Å²) in [5.74, 6) is 0.858. The third kappa shape index (κ3) is 3.70. The number of hydrogen-bond donors (Lipinski definition) is 1. The van der Waals surface area contributed by atoms with Gasteiger partial charge in [-0.15, -0.1) is 0 Å². The van der Waals surface area contributed by atoms with Crippen molar-refractivity contribution in [3.8, 4) is 0 Å². The minimum Gasteiger partial charge on any atom is -0.355 e. The highest BCUT2D eigenvalue weighted by atomic mass is 16.7. The zero-order valence-electron chi connectivity index (χ0n) is 10.1. The van der Waals surface area contributed by atoms with Gasteiger partial charge in [0.2, 0.25) is 0 Å². The lowest BCUT2D eigenvalue weighted by atomic mass is 9.93. The predicted molar refractivity (Wildman–Crippen MR) is 63.1 cm³/mol. The zero-order valence-corrected chi connectivity index (χ0v) is 10.1. The van der Waals surface area contributed by atoms with E-state index in [4.69, 9.17) is 15.2 Å². The van der Waals surface area contributed by atoms with E-state index < -0.39 is 0 Å². The van der Waals surface area contributed by atoms with Crippen molar-refractivity contribution < 1.29 is 9.47 Å². The Morgan fingerprint density at radius 1 is 1.19 bits per heavy atom. The Bertz CT molecular complexity index is 187. The number of piperidine rings is 1. The van der Waals surface area contributed by atoms with Crippen molar-refractivity contribution >= 4 is 0 Å². The summed E-state index contributed by atoms with van der Waals surface area (Å²) >= 11 is 0. The molecule has 2 saturated heterocycles. The van der Waals surface area contributed by atoms with Gasteiger partial charge in [0.05, 0.1) is 12.7 Å². The number of nitrogens with zero attached hydrogens (tertiary/aromatic N) is 1. The van der Waals surface area contributed by atoms with Crippen molar-refractivity contribution in [1.29, 1.82) is 0 Å². The first-order chi connectivity index (χ1) is 7.88. The molecule has 0 saturated carbocycles. The molecule has 4 nitrogen and oxygen atoms in total. The standard InChI is InChI=1S/C12H24N2O2/c13-5-1-11-2-6-14(7-3-11)9-12-4-8-15-10-16-12/h11-12H,1-10,13H2. The summed E-state index contributed by atoms with van der Waals surface area (Å²) in [7, 11) is 0. The molecule has 16 heavy (non-hydrogen) atoms. The highest BCUT2D eigenvalue weighted by molar-refractivity contribution is 4.75. The van der Waals surface area contributed by atoms with Gasteiger partial charge in [0, 0.05) is 6.54 Å². The van der Waals surface area contributed by atoms with E-state index >= 15 is 0 Å². The Hall–Kier alpha value is -0.160. The minimum absolute atomic E-state index is 0.389. The van der Waals surface area contributed by atoms with Gasteiger partial charge in [-0.25, -0.2) is 0 Å². The molecule has 2 aliphatic heterocycles. The average molecular weight is 228 g/mol. The number of nitrogens with two attached hydrogens (primary N) is 1. The van der Waals surface area contributed by atoms with Crippen LogP contribution in [0.4, 0.5) is 0 Å². The van der Waals surface area contributed by atoms with Crippen LogP contribution in [0, 0.1) is 5.92 Å². The van der Waals surface area contributed by atoms with Crippen LogP contribution in [0.1, 0.15) is 25.7 Å². The van der Waals surface area contributed by atoms with Gasteiger partial charge in [0.1, 0.15) is 6.79 Å². The van der Waals surface area contributed by atoms with Gasteiger partial charge in [0.25, 0.3) is 0 Å². The van der Waals surface area contributed by atoms with Crippen LogP contribution in [0.5, 0.6) is 0 Å². The molecule has 94 valence electrons. The summed E-state index contributed by atoms with van der Waals surface area (Å²) in [5.41, 5.74) is 5.60. The third-order valence-corrected chi connectivity index (χ3v) is 3.72. The van der Waals surface area contributed by atoms with E-state index in [1.807, 2.05) is 0 Å². The first kappa shape index (κ1) is 12.3. The summed E-state index contributed by atoms with van der Waals surface area (Å²) in [4.78, 5) is 2.53. The summed E-state index contributed by atoms with van der Waals surface area (Å²) in [5, 5.41) is 0. The largest absolute Gasteiger partial charge is 0.355 e. The molecule has 2 rings (SSSR count). The molecule has 0 aromatic rings. The number of likely N-dealkylation sites (tertiary alicyclic amines) is 1. The van der Waals surface area contributed by atoms with Crippen LogP contribution < -0.4 is 5.73 Å². The minimum atomic E-state index is 0.389. The van der Waals surface area contributed by atoms with Gasteiger partial charge in [-0.05, 0) is 51.2 Å². The van der Waals surface area contributed by atoms with Crippen LogP contribution >= 0.6 is 0 Å². The van der Waals surface area contributed by atoms with Crippen molar-refractivity contribution in [3.63, 3.8) is 0 Å². The SMILES string of the molecule is NCCC1CCN(CC2CCOCO2)CC1. The Balaban J connectivity index is 1.64. The van der Waals surface area contributed by atoms with Crippen molar-refractivity contribution in [1.82, 2.24) is 4.90 Å². The first-order valence-corrected chi connectivity index (χ1v) is 6.50. The highest BCUT2D eigenvalue weighted by Crippen LogP contribution is 2.20. The molecule has 4 heteroatoms. The van der Waals surface area contributed by atoms with Gasteiger partial charge in [-0.1, -0.05) is 0 Å². The third-order valence-electron chi connectivity index (χ3n) is 3.72. The maximum absolute atomic E-state index is 5.60. The Morgan fingerprint density at radius 3 is 2.62 bits per heavy atom. The molecule has 1 unspecified atom stereocenters. The Kier molecular flexibility index (Phi) is 5.03. The molecule has 0 aromatic heterocycles. The van der Waals surface area contributed by atoms with Gasteiger partial charge in [-0.3, -0.25) is 0 Å². The number of ether oxygens (including phenoxy) is 2. The fourth-order valence-corrected chi connectivity index (χ4v) is 2.63. The second-order valence-corrected chi connectivity index (χ2v) is 4.92. The summed E-state index contributed by atoms with van der Waals surface area (Å²) < 4.78 is 10.8. The molecule has 2 fully saturated rings. The van der Waals surface area contributed by atoms with Crippen molar-refractivity contribution in [2.75, 3.05) is 39.6 Å². The van der Waals surface area contributed by atoms with Crippen molar-refractivity contribution in [2.45, 2.75) is 31.8 Å². The summed E-state index contributed by atoms with van der Waals surface area (Å²) in [6, 6.07) is 0. The molecule has 1 atom stereocenters. The van der Waals surface area contributed by atoms with Crippen LogP contribution in [0.3, 0.4) is 0 Å². The number of rotatable bonds is 4. The van der Waals surface area contributed by atoms with Crippen LogP contribution in [0.2, 0.25) is 0 Å². The van der Waals surface area contributed by atoms with Crippen LogP contribution in [0.25, 0.3) is 0 Å². The molecule has 0 amide bonds. The maximum atomic E-state index is 5.60. The van der Waals surface area contributed by atoms with Crippen molar-refractivity contribution in [2.24, 2.45) is 11.7 Å². The molecule has 0 spiro atoms. The fourth-order valence-electron chi connectivity index (χ4n) is 2.63. The molecular formula is C12H24N2O2. The molecular weight excluding hydrogens is 204 g/mol. The van der Waals surface area contributed by atoms with Gasteiger partial charge < -0.3 is 20.1 Å². The maximum Gasteiger partial charge on any atom is 0.147 e. The van der Waals surface area contributed by atoms with E-state index in [1.165, 1.54) is 32.4 Å². The average Bonchev–Trinajstić information content (AvgIpc) is 2.33. The monoisotopic (exact) mass is 228 g/mol. The highest BCUT2D eigenvalue weighted by Gasteiger charge is 2.22. The zero-order chi connectivity index (χ0) is 11.2. The quantitative estimate of drug-likeness (QED) is 0.773. The lowest BCUT2D eigenvalue weighted by Crippen LogP contribution is -2.41. The smallest absolute Gasteiger partial charge is 0.147 e. The van der Waals surface area contributed by atoms with E-state index in [-0.39, 0.29) is 0 Å². The van der Waals surface area contributed by atoms with Gasteiger partial charge >= 0.3 is 0 Å². The first-order valence-electron chi connectivity index (χ1n) is 6.50. The molecule has 2 aliphatic rings. The van der Waals surface area contributed by atoms with E-state index in [9.17, 15) is 0 Å². The predicted octanol–water partition coefficient (Wildman–Crippen LogP) is 0.810.